The molecule has 3 N–H and O–H groups in total. The van der Waals surface area contributed by atoms with E-state index in [0.717, 1.165) is 0 Å². The van der Waals surface area contributed by atoms with Gasteiger partial charge in [-0.25, -0.2) is 0 Å². The molecule has 0 spiro atoms. The van der Waals surface area contributed by atoms with Gasteiger partial charge in [0.1, 0.15) is 0 Å². The maximum Gasteiger partial charge on any atom is 0.322 e. The van der Waals surface area contributed by atoms with Crippen molar-refractivity contribution in [2.75, 3.05) is 37.5 Å². The van der Waals surface area contributed by atoms with E-state index in [0.29, 0.717) is 31.4 Å². The molecule has 104 valence electrons. The summed E-state index contributed by atoms with van der Waals surface area (Å²) in [6, 6.07) is 0.238. The molecule has 0 aliphatic carbocycles. The molecule has 1 unspecified atom stereocenters. The first kappa shape index (κ1) is 13.3. The molecule has 0 saturated carbocycles. The maximum absolute atomic E-state index is 11.5. The minimum absolute atomic E-state index is 0.238. The van der Waals surface area contributed by atoms with E-state index in [9.17, 15) is 4.79 Å². The Labute approximate surface area is 111 Å². The second-order valence-corrected chi connectivity index (χ2v) is 4.79. The van der Waals surface area contributed by atoms with Crippen molar-refractivity contribution in [1.82, 2.24) is 15.0 Å². The van der Waals surface area contributed by atoms with Gasteiger partial charge in [0.15, 0.2) is 0 Å². The molecule has 1 amide bonds. The van der Waals surface area contributed by atoms with Gasteiger partial charge in [0, 0.05) is 20.1 Å². The second kappa shape index (κ2) is 4.87. The van der Waals surface area contributed by atoms with E-state index in [4.69, 9.17) is 10.5 Å². The second-order valence-electron chi connectivity index (χ2n) is 4.79. The lowest BCUT2D eigenvalue weighted by atomic mass is 9.89. The fourth-order valence-corrected chi connectivity index (χ4v) is 2.02. The van der Waals surface area contributed by atoms with Crippen LogP contribution in [0.4, 0.5) is 11.9 Å². The van der Waals surface area contributed by atoms with E-state index in [2.05, 4.69) is 20.3 Å². The minimum atomic E-state index is -0.542. The highest BCUT2D eigenvalue weighted by atomic mass is 16.5. The van der Waals surface area contributed by atoms with Crippen LogP contribution >= 0.6 is 0 Å². The van der Waals surface area contributed by atoms with Crippen LogP contribution < -0.4 is 20.7 Å². The molecule has 8 nitrogen and oxygen atoms in total. The number of rotatable bonds is 4. The molecule has 19 heavy (non-hydrogen) atoms. The fourth-order valence-electron chi connectivity index (χ4n) is 2.02. The van der Waals surface area contributed by atoms with Crippen LogP contribution in [0.15, 0.2) is 0 Å². The van der Waals surface area contributed by atoms with Gasteiger partial charge in [0.25, 0.3) is 0 Å². The van der Waals surface area contributed by atoms with Gasteiger partial charge in [-0.1, -0.05) is 0 Å². The predicted molar refractivity (Wildman–Crippen MR) is 70.1 cm³/mol. The number of methoxy groups -OCH3 is 1. The number of nitrogens with one attached hydrogen (secondary N) is 1. The number of ether oxygens (including phenoxy) is 1. The molecule has 0 aromatic carbocycles. The summed E-state index contributed by atoms with van der Waals surface area (Å²) >= 11 is 0. The number of carbonyl (C=O) groups is 1. The Morgan fingerprint density at radius 3 is 2.74 bits per heavy atom. The van der Waals surface area contributed by atoms with Crippen molar-refractivity contribution in [2.45, 2.75) is 13.3 Å². The normalized spacial score (nSPS) is 22.4. The highest BCUT2D eigenvalue weighted by Gasteiger charge is 2.40. The van der Waals surface area contributed by atoms with Gasteiger partial charge < -0.3 is 20.7 Å². The highest BCUT2D eigenvalue weighted by molar-refractivity contribution is 5.81. The van der Waals surface area contributed by atoms with Crippen LogP contribution in [0.1, 0.15) is 13.3 Å². The quantitative estimate of drug-likeness (QED) is 0.765. The van der Waals surface area contributed by atoms with Gasteiger partial charge >= 0.3 is 6.01 Å². The van der Waals surface area contributed by atoms with Crippen LogP contribution in [0.25, 0.3) is 0 Å². The lowest BCUT2D eigenvalue weighted by molar-refractivity contribution is -0.125. The fraction of sp³-hybridized carbons (Fsp3) is 0.636. The Morgan fingerprint density at radius 1 is 1.47 bits per heavy atom. The highest BCUT2D eigenvalue weighted by Crippen LogP contribution is 2.32. The first-order valence-corrected chi connectivity index (χ1v) is 6.01. The van der Waals surface area contributed by atoms with Crippen molar-refractivity contribution >= 4 is 17.8 Å². The average Bonchev–Trinajstić information content (AvgIpc) is 2.82. The third-order valence-corrected chi connectivity index (χ3v) is 3.36. The van der Waals surface area contributed by atoms with Crippen molar-refractivity contribution in [2.24, 2.45) is 11.1 Å². The summed E-state index contributed by atoms with van der Waals surface area (Å²) in [7, 11) is 3.21. The van der Waals surface area contributed by atoms with Crippen LogP contribution in [0, 0.1) is 5.41 Å². The number of nitrogens with two attached hydrogens (primary N) is 1. The number of hydrogen-bond donors (Lipinski definition) is 2. The Hall–Kier alpha value is -2.12. The first-order chi connectivity index (χ1) is 8.98. The van der Waals surface area contributed by atoms with E-state index in [1.54, 1.807) is 7.05 Å². The molecule has 2 rings (SSSR count). The molecule has 2 heterocycles. The summed E-state index contributed by atoms with van der Waals surface area (Å²) in [4.78, 5) is 25.9. The largest absolute Gasteiger partial charge is 0.467 e. The third kappa shape index (κ3) is 2.51. The molecule has 1 saturated heterocycles. The van der Waals surface area contributed by atoms with E-state index in [1.807, 2.05) is 11.8 Å². The van der Waals surface area contributed by atoms with Crippen LogP contribution in [0.5, 0.6) is 6.01 Å². The van der Waals surface area contributed by atoms with Gasteiger partial charge in [-0.05, 0) is 13.3 Å². The van der Waals surface area contributed by atoms with Crippen LogP contribution in [-0.2, 0) is 4.79 Å². The number of anilines is 2. The van der Waals surface area contributed by atoms with Gasteiger partial charge in [-0.15, -0.1) is 0 Å². The van der Waals surface area contributed by atoms with Crippen molar-refractivity contribution in [3.63, 3.8) is 0 Å². The van der Waals surface area contributed by atoms with E-state index >= 15 is 0 Å². The van der Waals surface area contributed by atoms with Crippen LogP contribution in [-0.4, -0.2) is 48.1 Å². The molecule has 1 atom stereocenters. The maximum atomic E-state index is 11.5. The molecule has 1 aliphatic heterocycles. The van der Waals surface area contributed by atoms with E-state index in [-0.39, 0.29) is 11.9 Å². The van der Waals surface area contributed by atoms with Gasteiger partial charge in [0.05, 0.1) is 12.5 Å². The van der Waals surface area contributed by atoms with Crippen molar-refractivity contribution in [1.29, 1.82) is 0 Å². The first-order valence-electron chi connectivity index (χ1n) is 6.01. The molecule has 1 aromatic heterocycles. The summed E-state index contributed by atoms with van der Waals surface area (Å²) in [6.45, 7) is 3.03. The van der Waals surface area contributed by atoms with Gasteiger partial charge in [-0.2, -0.15) is 15.0 Å². The molecule has 1 fully saturated rings. The Morgan fingerprint density at radius 2 is 2.21 bits per heavy atom. The Balaban J connectivity index is 2.26. The standard InChI is InChI=1S/C11H18N6O2/c1-11(7(12)18)4-5-17(6-11)9-14-8(13-2)15-10(16-9)19-3/h4-6H2,1-3H3,(H2,12,18)(H,13,14,15,16). The molecule has 1 aromatic rings. The average molecular weight is 266 g/mol. The zero-order valence-corrected chi connectivity index (χ0v) is 11.3. The summed E-state index contributed by atoms with van der Waals surface area (Å²) in [5, 5.41) is 2.85. The number of carbonyl (C=O) groups excluding carboxylic acids is 1. The Kier molecular flexibility index (Phi) is 3.41. The summed E-state index contributed by atoms with van der Waals surface area (Å²) < 4.78 is 5.04. The third-order valence-electron chi connectivity index (χ3n) is 3.36. The SMILES string of the molecule is CNc1nc(OC)nc(N2CCC(C)(C(N)=O)C2)n1. The predicted octanol–water partition coefficient (Wildman–Crippen LogP) is -0.376. The number of amides is 1. The molecular formula is C11H18N6O2. The van der Waals surface area contributed by atoms with Gasteiger partial charge in [-0.3, -0.25) is 4.79 Å². The van der Waals surface area contributed by atoms with Gasteiger partial charge in [0.2, 0.25) is 17.8 Å². The van der Waals surface area contributed by atoms with Crippen LogP contribution in [0.3, 0.4) is 0 Å². The number of nitrogens with zero attached hydrogens (tertiary/aromatic N) is 4. The molecule has 0 radical (unpaired) electrons. The summed E-state index contributed by atoms with van der Waals surface area (Å²) in [5.41, 5.74) is 4.89. The number of hydrogen-bond acceptors (Lipinski definition) is 7. The van der Waals surface area contributed by atoms with Crippen LogP contribution in [0.2, 0.25) is 0 Å². The smallest absolute Gasteiger partial charge is 0.322 e. The topological polar surface area (TPSA) is 106 Å². The van der Waals surface area contributed by atoms with E-state index < -0.39 is 5.41 Å². The number of primary amides is 1. The monoisotopic (exact) mass is 266 g/mol. The molecular weight excluding hydrogens is 248 g/mol. The molecule has 0 bridgehead atoms. The Bertz CT molecular complexity index is 472. The summed E-state index contributed by atoms with van der Waals surface area (Å²) in [5.74, 6) is 0.612. The minimum Gasteiger partial charge on any atom is -0.467 e. The zero-order valence-electron chi connectivity index (χ0n) is 11.3. The lowest BCUT2D eigenvalue weighted by Crippen LogP contribution is -2.37. The number of aromatic nitrogens is 3. The molecule has 1 aliphatic rings. The summed E-state index contributed by atoms with van der Waals surface area (Å²) in [6.07, 6.45) is 0.686. The lowest BCUT2D eigenvalue weighted by Gasteiger charge is -2.21. The molecule has 8 heteroatoms. The zero-order chi connectivity index (χ0) is 14.0. The van der Waals surface area contributed by atoms with Crippen molar-refractivity contribution in [3.05, 3.63) is 0 Å². The van der Waals surface area contributed by atoms with Crippen molar-refractivity contribution in [3.8, 4) is 6.01 Å². The van der Waals surface area contributed by atoms with Crippen molar-refractivity contribution < 1.29 is 9.53 Å². The van der Waals surface area contributed by atoms with E-state index in [1.165, 1.54) is 7.11 Å².